The molecule has 226 valence electrons. The summed E-state index contributed by atoms with van der Waals surface area (Å²) in [6.07, 6.45) is 39.6. The van der Waals surface area contributed by atoms with Crippen molar-refractivity contribution < 1.29 is 0 Å². The van der Waals surface area contributed by atoms with Gasteiger partial charge in [-0.2, -0.15) is 0 Å². The summed E-state index contributed by atoms with van der Waals surface area (Å²) in [6, 6.07) is 11.2. The molecule has 0 N–H and O–H groups in total. The highest BCUT2D eigenvalue weighted by atomic mass is 15.0. The molecule has 1 heterocycles. The van der Waals surface area contributed by atoms with Crippen molar-refractivity contribution in [1.29, 1.82) is 0 Å². The van der Waals surface area contributed by atoms with E-state index in [0.29, 0.717) is 11.8 Å². The van der Waals surface area contributed by atoms with Crippen molar-refractivity contribution in [2.24, 2.45) is 21.8 Å². The second kappa shape index (κ2) is 25.2. The second-order valence-electron chi connectivity index (χ2n) is 12.6. The average molecular weight is 550 g/mol. The van der Waals surface area contributed by atoms with Gasteiger partial charge in [-0.25, -0.2) is 0 Å². The first-order valence-electron chi connectivity index (χ1n) is 17.8. The maximum Gasteiger partial charge on any atom is 0.244 e. The van der Waals surface area contributed by atoms with Crippen molar-refractivity contribution in [2.75, 3.05) is 0 Å². The summed E-state index contributed by atoms with van der Waals surface area (Å²) in [5.41, 5.74) is 1.48. The average Bonchev–Trinajstić information content (AvgIpc) is 3.51. The summed E-state index contributed by atoms with van der Waals surface area (Å²) < 4.78 is 0. The SMILES string of the molecule is CCCCCCCCCCCCCCCCCC([C+]1N=CC=N1)C(CCCCCCCCC)Cc1ccccc1. The molecule has 0 saturated carbocycles. The summed E-state index contributed by atoms with van der Waals surface area (Å²) in [7, 11) is 0. The fourth-order valence-electron chi connectivity index (χ4n) is 6.48. The predicted octanol–water partition coefficient (Wildman–Crippen LogP) is 12.5. The van der Waals surface area contributed by atoms with E-state index >= 15 is 0 Å². The van der Waals surface area contributed by atoms with Crippen LogP contribution in [0.1, 0.15) is 174 Å². The largest absolute Gasteiger partial charge is 0.244 e. The maximum absolute atomic E-state index is 4.73. The van der Waals surface area contributed by atoms with Crippen LogP contribution >= 0.6 is 0 Å². The van der Waals surface area contributed by atoms with E-state index in [1.54, 1.807) is 0 Å². The molecule has 0 bridgehead atoms. The zero-order valence-electron chi connectivity index (χ0n) is 26.8. The number of rotatable bonds is 28. The Hall–Kier alpha value is -1.57. The molecule has 0 aromatic heterocycles. The Morgan fingerprint density at radius 2 is 0.900 bits per heavy atom. The molecule has 1 aromatic rings. The molecule has 2 nitrogen and oxygen atoms in total. The molecule has 2 rings (SSSR count). The van der Waals surface area contributed by atoms with Crippen LogP contribution in [-0.4, -0.2) is 12.4 Å². The number of hydrogen-bond acceptors (Lipinski definition) is 2. The Morgan fingerprint density at radius 1 is 0.500 bits per heavy atom. The first kappa shape index (κ1) is 34.6. The third kappa shape index (κ3) is 17.3. The Morgan fingerprint density at radius 3 is 1.35 bits per heavy atom. The van der Waals surface area contributed by atoms with E-state index in [2.05, 4.69) is 44.2 Å². The fourth-order valence-corrected chi connectivity index (χ4v) is 6.48. The van der Waals surface area contributed by atoms with Gasteiger partial charge in [0.1, 0.15) is 0 Å². The van der Waals surface area contributed by atoms with Crippen molar-refractivity contribution >= 4 is 12.4 Å². The van der Waals surface area contributed by atoms with Crippen LogP contribution in [-0.2, 0) is 6.42 Å². The van der Waals surface area contributed by atoms with E-state index in [0.717, 1.165) is 12.6 Å². The zero-order valence-corrected chi connectivity index (χ0v) is 26.8. The Bertz CT molecular complexity index is 712. The van der Waals surface area contributed by atoms with Crippen LogP contribution in [0.5, 0.6) is 0 Å². The van der Waals surface area contributed by atoms with E-state index < -0.39 is 0 Å². The smallest absolute Gasteiger partial charge is 0.0965 e. The molecule has 1 aliphatic rings. The predicted molar refractivity (Wildman–Crippen MR) is 180 cm³/mol. The number of hydrogen-bond donors (Lipinski definition) is 0. The minimum atomic E-state index is 0.497. The van der Waals surface area contributed by atoms with Crippen molar-refractivity contribution in [3.05, 3.63) is 42.1 Å². The zero-order chi connectivity index (χ0) is 28.4. The Balaban J connectivity index is 1.68. The highest BCUT2D eigenvalue weighted by Crippen LogP contribution is 2.37. The Labute approximate surface area is 250 Å². The lowest BCUT2D eigenvalue weighted by Crippen LogP contribution is -2.22. The first-order chi connectivity index (χ1) is 19.8. The van der Waals surface area contributed by atoms with Gasteiger partial charge in [-0.3, -0.25) is 0 Å². The highest BCUT2D eigenvalue weighted by Gasteiger charge is 2.35. The minimum Gasteiger partial charge on any atom is -0.0965 e. The van der Waals surface area contributed by atoms with E-state index in [1.807, 2.05) is 12.4 Å². The van der Waals surface area contributed by atoms with E-state index in [-0.39, 0.29) is 0 Å². The molecular weight excluding hydrogens is 484 g/mol. The van der Waals surface area contributed by atoms with Gasteiger partial charge in [-0.1, -0.05) is 195 Å². The molecule has 40 heavy (non-hydrogen) atoms. The van der Waals surface area contributed by atoms with Crippen LogP contribution in [0.3, 0.4) is 0 Å². The molecule has 2 atom stereocenters. The summed E-state index contributed by atoms with van der Waals surface area (Å²) in [5, 5.41) is 0. The fraction of sp³-hybridized carbons (Fsp3) is 0.763. The van der Waals surface area contributed by atoms with Gasteiger partial charge in [0.2, 0.25) is 6.17 Å². The minimum absolute atomic E-state index is 0.497. The summed E-state index contributed by atoms with van der Waals surface area (Å²) in [6.45, 7) is 4.61. The molecule has 1 aliphatic heterocycles. The van der Waals surface area contributed by atoms with Gasteiger partial charge in [-0.05, 0) is 30.7 Å². The van der Waals surface area contributed by atoms with Crippen LogP contribution in [0.25, 0.3) is 0 Å². The van der Waals surface area contributed by atoms with Crippen molar-refractivity contribution in [1.82, 2.24) is 0 Å². The molecule has 0 aliphatic carbocycles. The van der Waals surface area contributed by atoms with E-state index in [4.69, 9.17) is 9.98 Å². The normalized spacial score (nSPS) is 14.3. The third-order valence-electron chi connectivity index (χ3n) is 9.02. The van der Waals surface area contributed by atoms with Crippen LogP contribution < -0.4 is 0 Å². The number of benzene rings is 1. The molecule has 2 heteroatoms. The number of nitrogens with zero attached hydrogens (tertiary/aromatic N) is 2. The standard InChI is InChI=1S/C38H65N2/c1-3-5-7-9-11-12-13-14-15-16-17-18-20-22-27-31-37(38-39-32-33-40-38)36(34-35-28-24-23-25-29-35)30-26-21-19-10-8-6-4-2/h23-25,28-29,32-33,36-37H,3-22,26-27,30-31,34H2,1-2H3/q+1. The molecule has 0 spiro atoms. The van der Waals surface area contributed by atoms with Crippen molar-refractivity contribution in [3.8, 4) is 0 Å². The molecule has 2 unspecified atom stereocenters. The lowest BCUT2D eigenvalue weighted by atomic mass is 9.78. The number of unbranched alkanes of at least 4 members (excludes halogenated alkanes) is 20. The molecule has 0 amide bonds. The van der Waals surface area contributed by atoms with Crippen molar-refractivity contribution in [2.45, 2.75) is 174 Å². The van der Waals surface area contributed by atoms with E-state index in [1.165, 1.54) is 160 Å². The highest BCUT2D eigenvalue weighted by molar-refractivity contribution is 6.18. The molecule has 0 saturated heterocycles. The second-order valence-corrected chi connectivity index (χ2v) is 12.6. The van der Waals surface area contributed by atoms with Gasteiger partial charge in [0, 0.05) is 0 Å². The lowest BCUT2D eigenvalue weighted by molar-refractivity contribution is 0.284. The van der Waals surface area contributed by atoms with Gasteiger partial charge >= 0.3 is 0 Å². The van der Waals surface area contributed by atoms with Gasteiger partial charge in [0.15, 0.2) is 12.4 Å². The first-order valence-corrected chi connectivity index (χ1v) is 17.8. The van der Waals surface area contributed by atoms with E-state index in [9.17, 15) is 0 Å². The molecule has 0 fully saturated rings. The maximum atomic E-state index is 4.73. The molecular formula is C38H65N2+. The summed E-state index contributed by atoms with van der Waals surface area (Å²) >= 11 is 0. The van der Waals surface area contributed by atoms with Crippen LogP contribution in [0.15, 0.2) is 40.3 Å². The van der Waals surface area contributed by atoms with Gasteiger partial charge in [0.25, 0.3) is 0 Å². The number of aliphatic imine (C=N–C) groups is 2. The topological polar surface area (TPSA) is 24.7 Å². The molecule has 0 radical (unpaired) electrons. The summed E-state index contributed by atoms with van der Waals surface area (Å²) in [5.74, 6) is 1.14. The quantitative estimate of drug-likeness (QED) is 0.0733. The van der Waals surface area contributed by atoms with Crippen LogP contribution in [0.2, 0.25) is 0 Å². The Kier molecular flexibility index (Phi) is 21.8. The van der Waals surface area contributed by atoms with Crippen LogP contribution in [0, 0.1) is 18.0 Å². The summed E-state index contributed by atoms with van der Waals surface area (Å²) in [4.78, 5) is 9.47. The van der Waals surface area contributed by atoms with Gasteiger partial charge < -0.3 is 0 Å². The third-order valence-corrected chi connectivity index (χ3v) is 9.02. The van der Waals surface area contributed by atoms with Crippen LogP contribution in [0.4, 0.5) is 0 Å². The molecule has 1 aromatic carbocycles. The van der Waals surface area contributed by atoms with Gasteiger partial charge in [0.05, 0.1) is 5.92 Å². The van der Waals surface area contributed by atoms with Gasteiger partial charge in [-0.15, -0.1) is 0 Å². The van der Waals surface area contributed by atoms with Crippen molar-refractivity contribution in [3.63, 3.8) is 0 Å². The lowest BCUT2D eigenvalue weighted by Gasteiger charge is -2.26. The monoisotopic (exact) mass is 550 g/mol.